The lowest BCUT2D eigenvalue weighted by Gasteiger charge is -2.29. The van der Waals surface area contributed by atoms with E-state index in [0.29, 0.717) is 12.0 Å². The highest BCUT2D eigenvalue weighted by Gasteiger charge is 2.30. The summed E-state index contributed by atoms with van der Waals surface area (Å²) in [4.78, 5) is 12.0. The largest absolute Gasteiger partial charge is 0.490 e. The Bertz CT molecular complexity index is 530. The predicted molar refractivity (Wildman–Crippen MR) is 83.5 cm³/mol. The number of amides is 1. The molecule has 0 radical (unpaired) electrons. The predicted octanol–water partition coefficient (Wildman–Crippen LogP) is 3.25. The van der Waals surface area contributed by atoms with Crippen LogP contribution >= 0.6 is 0 Å². The van der Waals surface area contributed by atoms with Gasteiger partial charge in [-0.2, -0.15) is 0 Å². The van der Waals surface area contributed by atoms with Crippen molar-refractivity contribution in [2.24, 2.45) is 5.92 Å². The highest BCUT2D eigenvalue weighted by atomic mass is 16.5. The molecule has 0 bridgehead atoms. The Morgan fingerprint density at radius 2 is 2.14 bits per heavy atom. The van der Waals surface area contributed by atoms with Gasteiger partial charge in [0, 0.05) is 17.3 Å². The zero-order chi connectivity index (χ0) is 14.8. The molecule has 0 spiro atoms. The van der Waals surface area contributed by atoms with E-state index in [2.05, 4.69) is 17.6 Å². The topological polar surface area (TPSA) is 50.4 Å². The van der Waals surface area contributed by atoms with E-state index in [1.54, 1.807) is 0 Å². The number of carbonyl (C=O) groups excluding carboxylic acids is 1. The van der Waals surface area contributed by atoms with Crippen molar-refractivity contribution in [1.82, 2.24) is 5.32 Å². The fraction of sp³-hybridized carbons (Fsp3) is 0.588. The van der Waals surface area contributed by atoms with Gasteiger partial charge in [0.15, 0.2) is 0 Å². The second kappa shape index (κ2) is 6.06. The van der Waals surface area contributed by atoms with Crippen molar-refractivity contribution < 1.29 is 9.53 Å². The van der Waals surface area contributed by atoms with Crippen LogP contribution in [0.15, 0.2) is 18.2 Å². The van der Waals surface area contributed by atoms with Gasteiger partial charge in [-0.05, 0) is 37.8 Å². The molecule has 3 unspecified atom stereocenters. The summed E-state index contributed by atoms with van der Waals surface area (Å²) in [6, 6.07) is 5.73. The molecule has 1 aliphatic carbocycles. The molecule has 1 heterocycles. The van der Waals surface area contributed by atoms with Gasteiger partial charge in [0.1, 0.15) is 17.9 Å². The van der Waals surface area contributed by atoms with Crippen LogP contribution in [0.1, 0.15) is 51.1 Å². The van der Waals surface area contributed by atoms with Crippen LogP contribution in [0.25, 0.3) is 0 Å². The van der Waals surface area contributed by atoms with Gasteiger partial charge in [0.25, 0.3) is 0 Å². The van der Waals surface area contributed by atoms with E-state index in [1.165, 1.54) is 19.3 Å². The SMILES string of the molecule is CCNC1C(=O)Nc2cc(OC3CCCCC3C)ccc21. The number of likely N-dealkylation sites (N-methyl/N-ethyl adjacent to an activating group) is 1. The van der Waals surface area contributed by atoms with Gasteiger partial charge in [-0.3, -0.25) is 4.79 Å². The summed E-state index contributed by atoms with van der Waals surface area (Å²) in [5.41, 5.74) is 1.90. The minimum atomic E-state index is -0.229. The first-order valence-corrected chi connectivity index (χ1v) is 8.04. The molecule has 1 aromatic rings. The van der Waals surface area contributed by atoms with Crippen LogP contribution < -0.4 is 15.4 Å². The fourth-order valence-electron chi connectivity index (χ4n) is 3.35. The van der Waals surface area contributed by atoms with Crippen molar-refractivity contribution in [2.75, 3.05) is 11.9 Å². The molecule has 4 heteroatoms. The first kappa shape index (κ1) is 14.4. The maximum Gasteiger partial charge on any atom is 0.246 e. The average Bonchev–Trinajstić information content (AvgIpc) is 2.78. The van der Waals surface area contributed by atoms with Crippen molar-refractivity contribution in [3.8, 4) is 5.75 Å². The van der Waals surface area contributed by atoms with E-state index in [-0.39, 0.29) is 11.9 Å². The van der Waals surface area contributed by atoms with Crippen LogP contribution in [0.3, 0.4) is 0 Å². The van der Waals surface area contributed by atoms with Gasteiger partial charge in [0.05, 0.1) is 0 Å². The standard InChI is InChI=1S/C17H24N2O2/c1-3-18-16-13-9-8-12(10-14(13)19-17(16)20)21-15-7-5-4-6-11(15)2/h8-11,15-16,18H,3-7H2,1-2H3,(H,19,20). The average molecular weight is 288 g/mol. The van der Waals surface area contributed by atoms with E-state index in [9.17, 15) is 4.79 Å². The van der Waals surface area contributed by atoms with Gasteiger partial charge in [0.2, 0.25) is 5.91 Å². The molecule has 3 atom stereocenters. The lowest BCUT2D eigenvalue weighted by Crippen LogP contribution is -2.28. The smallest absolute Gasteiger partial charge is 0.246 e. The Kier molecular flexibility index (Phi) is 4.15. The molecule has 0 aromatic heterocycles. The highest BCUT2D eigenvalue weighted by Crippen LogP contribution is 2.35. The summed E-state index contributed by atoms with van der Waals surface area (Å²) in [7, 11) is 0. The first-order valence-electron chi connectivity index (χ1n) is 8.04. The Labute approximate surface area is 126 Å². The van der Waals surface area contributed by atoms with Crippen LogP contribution in [-0.4, -0.2) is 18.6 Å². The summed E-state index contributed by atoms with van der Waals surface area (Å²) in [5.74, 6) is 1.50. The number of ether oxygens (including phenoxy) is 1. The van der Waals surface area contributed by atoms with Gasteiger partial charge in [-0.1, -0.05) is 26.3 Å². The number of benzene rings is 1. The van der Waals surface area contributed by atoms with E-state index < -0.39 is 0 Å². The second-order valence-corrected chi connectivity index (χ2v) is 6.15. The minimum absolute atomic E-state index is 0.0232. The van der Waals surface area contributed by atoms with Crippen LogP contribution in [-0.2, 0) is 4.79 Å². The lowest BCUT2D eigenvalue weighted by molar-refractivity contribution is -0.117. The van der Waals surface area contributed by atoms with Crippen molar-refractivity contribution in [1.29, 1.82) is 0 Å². The van der Waals surface area contributed by atoms with Gasteiger partial charge < -0.3 is 15.4 Å². The van der Waals surface area contributed by atoms with Crippen molar-refractivity contribution >= 4 is 11.6 Å². The first-order chi connectivity index (χ1) is 10.2. The molecule has 4 nitrogen and oxygen atoms in total. The third-order valence-electron chi connectivity index (χ3n) is 4.58. The Morgan fingerprint density at radius 1 is 1.33 bits per heavy atom. The van der Waals surface area contributed by atoms with Crippen LogP contribution in [0.5, 0.6) is 5.75 Å². The number of hydrogen-bond acceptors (Lipinski definition) is 3. The fourth-order valence-corrected chi connectivity index (χ4v) is 3.35. The lowest BCUT2D eigenvalue weighted by atomic mass is 9.88. The number of rotatable bonds is 4. The second-order valence-electron chi connectivity index (χ2n) is 6.15. The number of carbonyl (C=O) groups is 1. The molecule has 1 saturated carbocycles. The normalized spacial score (nSPS) is 28.1. The van der Waals surface area contributed by atoms with Gasteiger partial charge in [-0.25, -0.2) is 0 Å². The third-order valence-corrected chi connectivity index (χ3v) is 4.58. The molecule has 1 fully saturated rings. The maximum atomic E-state index is 12.0. The molecule has 2 aliphatic rings. The van der Waals surface area contributed by atoms with Crippen molar-refractivity contribution in [2.45, 2.75) is 51.7 Å². The van der Waals surface area contributed by atoms with Gasteiger partial charge in [-0.15, -0.1) is 0 Å². The van der Waals surface area contributed by atoms with Crippen LogP contribution in [0.2, 0.25) is 0 Å². The molecule has 21 heavy (non-hydrogen) atoms. The maximum absolute atomic E-state index is 12.0. The summed E-state index contributed by atoms with van der Waals surface area (Å²) in [6.45, 7) is 5.04. The molecule has 1 aromatic carbocycles. The van der Waals surface area contributed by atoms with E-state index >= 15 is 0 Å². The monoisotopic (exact) mass is 288 g/mol. The van der Waals surface area contributed by atoms with Crippen molar-refractivity contribution in [3.63, 3.8) is 0 Å². The molecule has 0 saturated heterocycles. The molecular formula is C17H24N2O2. The molecule has 3 rings (SSSR count). The minimum Gasteiger partial charge on any atom is -0.490 e. The number of anilines is 1. The Morgan fingerprint density at radius 3 is 2.90 bits per heavy atom. The molecule has 114 valence electrons. The summed E-state index contributed by atoms with van der Waals surface area (Å²) in [6.07, 6.45) is 5.24. The van der Waals surface area contributed by atoms with E-state index in [0.717, 1.165) is 30.0 Å². The summed E-state index contributed by atoms with van der Waals surface area (Å²) >= 11 is 0. The number of hydrogen-bond donors (Lipinski definition) is 2. The zero-order valence-electron chi connectivity index (χ0n) is 12.8. The Hall–Kier alpha value is -1.55. The van der Waals surface area contributed by atoms with Crippen LogP contribution in [0, 0.1) is 5.92 Å². The summed E-state index contributed by atoms with van der Waals surface area (Å²) < 4.78 is 6.15. The third kappa shape index (κ3) is 2.91. The molecule has 1 aliphatic heterocycles. The van der Waals surface area contributed by atoms with Crippen molar-refractivity contribution in [3.05, 3.63) is 23.8 Å². The van der Waals surface area contributed by atoms with E-state index in [1.807, 2.05) is 25.1 Å². The number of nitrogens with one attached hydrogen (secondary N) is 2. The Balaban J connectivity index is 1.75. The molecule has 2 N–H and O–H groups in total. The quantitative estimate of drug-likeness (QED) is 0.894. The molecular weight excluding hydrogens is 264 g/mol. The van der Waals surface area contributed by atoms with Gasteiger partial charge >= 0.3 is 0 Å². The van der Waals surface area contributed by atoms with Crippen LogP contribution in [0.4, 0.5) is 5.69 Å². The summed E-state index contributed by atoms with van der Waals surface area (Å²) in [5, 5.41) is 6.15. The molecule has 1 amide bonds. The van der Waals surface area contributed by atoms with E-state index in [4.69, 9.17) is 4.74 Å². The number of fused-ring (bicyclic) bond motifs is 1. The zero-order valence-corrected chi connectivity index (χ0v) is 12.8. The highest BCUT2D eigenvalue weighted by molar-refractivity contribution is 6.02.